The summed E-state index contributed by atoms with van der Waals surface area (Å²) >= 11 is 0. The zero-order chi connectivity index (χ0) is 33.9. The molecule has 2 nitrogen and oxygen atoms in total. The SMILES string of the molecule is C/C=C\c1c(/C=C/c2cccc(-n3c4ccccc4c4ccccc43)c2)n(-c2ccc3c4ccccc4c4ccccc4c3c2)c2ccccc12. The zero-order valence-corrected chi connectivity index (χ0v) is 28.3. The fraction of sp³-hybridized carbons (Fsp3) is 0.0204. The van der Waals surface area contributed by atoms with Crippen molar-refractivity contribution in [2.24, 2.45) is 0 Å². The summed E-state index contributed by atoms with van der Waals surface area (Å²) in [5.74, 6) is 0. The first kappa shape index (κ1) is 29.3. The summed E-state index contributed by atoms with van der Waals surface area (Å²) in [6, 6.07) is 59.6. The lowest BCUT2D eigenvalue weighted by atomic mass is 9.94. The maximum atomic E-state index is 2.43. The third-order valence-corrected chi connectivity index (χ3v) is 10.4. The molecule has 0 unspecified atom stereocenters. The van der Waals surface area contributed by atoms with Crippen molar-refractivity contribution in [1.29, 1.82) is 0 Å². The van der Waals surface area contributed by atoms with E-state index in [4.69, 9.17) is 0 Å². The first-order chi connectivity index (χ1) is 25.3. The highest BCUT2D eigenvalue weighted by molar-refractivity contribution is 6.25. The smallest absolute Gasteiger partial charge is 0.0541 e. The van der Waals surface area contributed by atoms with Crippen LogP contribution in [0.1, 0.15) is 23.7 Å². The van der Waals surface area contributed by atoms with Crippen LogP contribution in [0.4, 0.5) is 0 Å². The third-order valence-electron chi connectivity index (χ3n) is 10.4. The second-order valence-corrected chi connectivity index (χ2v) is 13.3. The summed E-state index contributed by atoms with van der Waals surface area (Å²) in [6.07, 6.45) is 8.95. The molecule has 0 amide bonds. The number of para-hydroxylation sites is 3. The summed E-state index contributed by atoms with van der Waals surface area (Å²) in [4.78, 5) is 0. The second kappa shape index (κ2) is 11.8. The van der Waals surface area contributed by atoms with Crippen LogP contribution in [-0.2, 0) is 0 Å². The van der Waals surface area contributed by atoms with E-state index in [1.54, 1.807) is 0 Å². The molecule has 0 bridgehead atoms. The van der Waals surface area contributed by atoms with Gasteiger partial charge in [0.05, 0.1) is 22.2 Å². The fourth-order valence-corrected chi connectivity index (χ4v) is 8.25. The van der Waals surface area contributed by atoms with E-state index in [2.05, 4.69) is 204 Å². The van der Waals surface area contributed by atoms with Gasteiger partial charge in [-0.1, -0.05) is 140 Å². The third kappa shape index (κ3) is 4.57. The van der Waals surface area contributed by atoms with Gasteiger partial charge in [-0.25, -0.2) is 0 Å². The molecule has 2 heteroatoms. The monoisotopic (exact) mass is 650 g/mol. The molecule has 0 N–H and O–H groups in total. The van der Waals surface area contributed by atoms with Crippen molar-refractivity contribution in [2.45, 2.75) is 6.92 Å². The van der Waals surface area contributed by atoms with Gasteiger partial charge in [0, 0.05) is 33.1 Å². The molecular weight excluding hydrogens is 617 g/mol. The lowest BCUT2D eigenvalue weighted by molar-refractivity contribution is 1.11. The Morgan fingerprint density at radius 1 is 0.353 bits per heavy atom. The second-order valence-electron chi connectivity index (χ2n) is 13.3. The van der Waals surface area contributed by atoms with Gasteiger partial charge in [-0.2, -0.15) is 0 Å². The molecule has 0 aliphatic rings. The van der Waals surface area contributed by atoms with Crippen LogP contribution in [0.25, 0.3) is 94.6 Å². The molecule has 0 atom stereocenters. The number of rotatable bonds is 5. The number of hydrogen-bond donors (Lipinski definition) is 0. The van der Waals surface area contributed by atoms with E-state index >= 15 is 0 Å². The molecule has 2 aromatic heterocycles. The van der Waals surface area contributed by atoms with Gasteiger partial charge in [0.1, 0.15) is 0 Å². The average Bonchev–Trinajstić information content (AvgIpc) is 3.70. The van der Waals surface area contributed by atoms with Crippen molar-refractivity contribution in [2.75, 3.05) is 0 Å². The predicted octanol–water partition coefficient (Wildman–Crippen LogP) is 13.4. The summed E-state index contributed by atoms with van der Waals surface area (Å²) in [6.45, 7) is 2.10. The first-order valence-corrected chi connectivity index (χ1v) is 17.6. The molecule has 0 aliphatic carbocycles. The van der Waals surface area contributed by atoms with Gasteiger partial charge < -0.3 is 9.13 Å². The predicted molar refractivity (Wildman–Crippen MR) is 220 cm³/mol. The Morgan fingerprint density at radius 3 is 1.45 bits per heavy atom. The maximum Gasteiger partial charge on any atom is 0.0541 e. The van der Waals surface area contributed by atoms with Gasteiger partial charge in [-0.15, -0.1) is 0 Å². The molecule has 0 fully saturated rings. The minimum Gasteiger partial charge on any atom is -0.309 e. The van der Waals surface area contributed by atoms with Crippen molar-refractivity contribution >= 4 is 83.3 Å². The van der Waals surface area contributed by atoms with E-state index in [0.29, 0.717) is 0 Å². The molecular formula is C49H34N2. The number of allylic oxidation sites excluding steroid dienone is 1. The van der Waals surface area contributed by atoms with Crippen LogP contribution in [0.5, 0.6) is 0 Å². The number of aromatic nitrogens is 2. The number of nitrogens with zero attached hydrogens (tertiary/aromatic N) is 2. The van der Waals surface area contributed by atoms with E-state index in [-0.39, 0.29) is 0 Å². The summed E-state index contributed by atoms with van der Waals surface area (Å²) < 4.78 is 4.81. The highest BCUT2D eigenvalue weighted by atomic mass is 15.0. The van der Waals surface area contributed by atoms with Crippen LogP contribution in [0.2, 0.25) is 0 Å². The van der Waals surface area contributed by atoms with E-state index in [1.165, 1.54) is 70.6 Å². The molecule has 10 aromatic rings. The molecule has 51 heavy (non-hydrogen) atoms. The lowest BCUT2D eigenvalue weighted by Crippen LogP contribution is -1.98. The molecule has 0 saturated carbocycles. The number of benzene rings is 8. The summed E-state index contributed by atoms with van der Waals surface area (Å²) in [7, 11) is 0. The van der Waals surface area contributed by atoms with Gasteiger partial charge in [-0.3, -0.25) is 0 Å². The Balaban J connectivity index is 1.18. The Bertz CT molecular complexity index is 2950. The molecule has 0 radical (unpaired) electrons. The number of hydrogen-bond acceptors (Lipinski definition) is 0. The van der Waals surface area contributed by atoms with Crippen molar-refractivity contribution in [3.05, 3.63) is 187 Å². The molecule has 2 heterocycles. The standard InChI is InChI=1S/C49H34N2/c1-2-14-41-42-21-7-10-24-46(42)51(35-28-29-40-38-19-4-3-17-36(38)37-18-5-6-20-39(37)45(40)32-35)49(41)30-27-33-15-13-16-34(31-33)50-47-25-11-8-22-43(47)44-23-9-12-26-48(44)50/h2-32H,1H3/b14-2-,30-27+. The molecule has 8 aromatic carbocycles. The normalized spacial score (nSPS) is 12.3. The van der Waals surface area contributed by atoms with E-state index in [9.17, 15) is 0 Å². The van der Waals surface area contributed by atoms with Crippen molar-refractivity contribution < 1.29 is 0 Å². The highest BCUT2D eigenvalue weighted by Crippen LogP contribution is 2.39. The van der Waals surface area contributed by atoms with E-state index in [0.717, 1.165) is 22.6 Å². The number of fused-ring (bicyclic) bond motifs is 10. The molecule has 240 valence electrons. The van der Waals surface area contributed by atoms with Crippen LogP contribution in [-0.4, -0.2) is 9.13 Å². The largest absolute Gasteiger partial charge is 0.309 e. The quantitative estimate of drug-likeness (QED) is 0.164. The minimum absolute atomic E-state index is 1.15. The molecule has 0 aliphatic heterocycles. The van der Waals surface area contributed by atoms with Crippen molar-refractivity contribution in [3.8, 4) is 11.4 Å². The van der Waals surface area contributed by atoms with E-state index in [1.807, 2.05) is 0 Å². The van der Waals surface area contributed by atoms with Crippen LogP contribution in [0.3, 0.4) is 0 Å². The molecule has 10 rings (SSSR count). The highest BCUT2D eigenvalue weighted by Gasteiger charge is 2.17. The summed E-state index contributed by atoms with van der Waals surface area (Å²) in [5, 5.41) is 11.5. The first-order valence-electron chi connectivity index (χ1n) is 17.6. The van der Waals surface area contributed by atoms with Gasteiger partial charge in [0.2, 0.25) is 0 Å². The van der Waals surface area contributed by atoms with Crippen molar-refractivity contribution in [3.63, 3.8) is 0 Å². The van der Waals surface area contributed by atoms with Gasteiger partial charge in [0.25, 0.3) is 0 Å². The lowest BCUT2D eigenvalue weighted by Gasteiger charge is -2.14. The average molecular weight is 651 g/mol. The van der Waals surface area contributed by atoms with Crippen LogP contribution in [0, 0.1) is 0 Å². The zero-order valence-electron chi connectivity index (χ0n) is 28.3. The molecule has 0 spiro atoms. The minimum atomic E-state index is 1.15. The van der Waals surface area contributed by atoms with Gasteiger partial charge in [-0.05, 0) is 93.3 Å². The van der Waals surface area contributed by atoms with Crippen LogP contribution < -0.4 is 0 Å². The Labute approximate surface area is 296 Å². The molecule has 0 saturated heterocycles. The van der Waals surface area contributed by atoms with Gasteiger partial charge in [0.15, 0.2) is 0 Å². The fourth-order valence-electron chi connectivity index (χ4n) is 8.25. The van der Waals surface area contributed by atoms with Crippen LogP contribution >= 0.6 is 0 Å². The Hall–Kier alpha value is -6.64. The van der Waals surface area contributed by atoms with Crippen LogP contribution in [0.15, 0.2) is 170 Å². The van der Waals surface area contributed by atoms with E-state index < -0.39 is 0 Å². The summed E-state index contributed by atoms with van der Waals surface area (Å²) in [5.41, 5.74) is 9.43. The Kier molecular flexibility index (Phi) is 6.75. The Morgan fingerprint density at radius 2 is 0.843 bits per heavy atom. The maximum absolute atomic E-state index is 2.43. The van der Waals surface area contributed by atoms with Gasteiger partial charge >= 0.3 is 0 Å². The van der Waals surface area contributed by atoms with Crippen molar-refractivity contribution in [1.82, 2.24) is 9.13 Å². The topological polar surface area (TPSA) is 9.86 Å².